The largest absolute Gasteiger partial charge is 0.369 e. The van der Waals surface area contributed by atoms with Crippen molar-refractivity contribution in [1.82, 2.24) is 9.29 Å². The Hall–Kier alpha value is -2.37. The predicted octanol–water partition coefficient (Wildman–Crippen LogP) is 4.96. The van der Waals surface area contributed by atoms with Gasteiger partial charge in [-0.05, 0) is 42.5 Å². The third-order valence-electron chi connectivity index (χ3n) is 5.12. The van der Waals surface area contributed by atoms with Gasteiger partial charge in [0.05, 0.1) is 24.8 Å². The molecule has 2 heterocycles. The summed E-state index contributed by atoms with van der Waals surface area (Å²) in [6.07, 6.45) is 1.63. The van der Waals surface area contributed by atoms with Crippen molar-refractivity contribution >= 4 is 56.4 Å². The number of sulfonamides is 1. The number of anilines is 1. The Morgan fingerprint density at radius 3 is 2.36 bits per heavy atom. The van der Waals surface area contributed by atoms with Crippen LogP contribution >= 0.6 is 35.0 Å². The molecule has 0 radical (unpaired) electrons. The van der Waals surface area contributed by atoms with Crippen LogP contribution in [0.5, 0.6) is 0 Å². The minimum absolute atomic E-state index is 0.00441. The van der Waals surface area contributed by atoms with E-state index >= 15 is 0 Å². The summed E-state index contributed by atoms with van der Waals surface area (Å²) in [5.41, 5.74) is 0.779. The van der Waals surface area contributed by atoms with Crippen LogP contribution < -0.4 is 4.90 Å². The molecule has 0 saturated carbocycles. The van der Waals surface area contributed by atoms with Crippen molar-refractivity contribution in [3.63, 3.8) is 0 Å². The Morgan fingerprint density at radius 1 is 0.970 bits per heavy atom. The van der Waals surface area contributed by atoms with Gasteiger partial charge < -0.3 is 4.90 Å². The molecule has 12 heteroatoms. The van der Waals surface area contributed by atoms with Crippen LogP contribution in [0.1, 0.15) is 0 Å². The van der Waals surface area contributed by atoms with Gasteiger partial charge >= 0.3 is 0 Å². The van der Waals surface area contributed by atoms with Crippen LogP contribution in [-0.2, 0) is 10.0 Å². The van der Waals surface area contributed by atoms with E-state index in [1.54, 1.807) is 30.5 Å². The van der Waals surface area contributed by atoms with Gasteiger partial charge in [0.25, 0.3) is 5.69 Å². The van der Waals surface area contributed by atoms with Crippen LogP contribution in [0, 0.1) is 10.1 Å². The minimum atomic E-state index is -3.71. The van der Waals surface area contributed by atoms with Gasteiger partial charge in [-0.1, -0.05) is 41.0 Å². The predicted molar refractivity (Wildman–Crippen MR) is 129 cm³/mol. The number of nitro groups is 1. The van der Waals surface area contributed by atoms with Gasteiger partial charge in [-0.15, -0.1) is 0 Å². The lowest BCUT2D eigenvalue weighted by atomic mass is 10.2. The molecule has 0 aliphatic carbocycles. The number of rotatable bonds is 6. The molecule has 33 heavy (non-hydrogen) atoms. The van der Waals surface area contributed by atoms with Gasteiger partial charge in [-0.25, -0.2) is 13.4 Å². The fourth-order valence-corrected chi connectivity index (χ4v) is 6.15. The topological polar surface area (TPSA) is 96.6 Å². The molecule has 1 fully saturated rings. The molecule has 0 N–H and O–H groups in total. The van der Waals surface area contributed by atoms with Gasteiger partial charge in [-0.2, -0.15) is 4.31 Å². The molecule has 0 amide bonds. The highest BCUT2D eigenvalue weighted by Crippen LogP contribution is 2.37. The van der Waals surface area contributed by atoms with Crippen LogP contribution in [0.3, 0.4) is 0 Å². The molecule has 3 aromatic rings. The van der Waals surface area contributed by atoms with Gasteiger partial charge in [-0.3, -0.25) is 10.1 Å². The van der Waals surface area contributed by atoms with Crippen LogP contribution in [0.15, 0.2) is 75.6 Å². The summed E-state index contributed by atoms with van der Waals surface area (Å²) < 4.78 is 27.4. The average molecular weight is 525 g/mol. The molecule has 1 aliphatic rings. The zero-order valence-corrected chi connectivity index (χ0v) is 20.2. The normalized spacial score (nSPS) is 14.9. The van der Waals surface area contributed by atoms with Crippen molar-refractivity contribution in [2.24, 2.45) is 0 Å². The minimum Gasteiger partial charge on any atom is -0.369 e. The van der Waals surface area contributed by atoms with E-state index in [1.165, 1.54) is 40.3 Å². The van der Waals surface area contributed by atoms with Crippen LogP contribution in [0.25, 0.3) is 0 Å². The number of hydrogen-bond donors (Lipinski definition) is 0. The first-order valence-electron chi connectivity index (χ1n) is 9.83. The van der Waals surface area contributed by atoms with E-state index in [2.05, 4.69) is 4.98 Å². The van der Waals surface area contributed by atoms with Gasteiger partial charge in [0.1, 0.15) is 5.03 Å². The van der Waals surface area contributed by atoms with Crippen molar-refractivity contribution in [2.75, 3.05) is 31.1 Å². The third kappa shape index (κ3) is 5.25. The molecule has 0 atom stereocenters. The summed E-state index contributed by atoms with van der Waals surface area (Å²) in [7, 11) is -3.71. The first-order chi connectivity index (χ1) is 15.8. The van der Waals surface area contributed by atoms with E-state index in [1.807, 2.05) is 11.0 Å². The lowest BCUT2D eigenvalue weighted by Gasteiger charge is -2.35. The second-order valence-electron chi connectivity index (χ2n) is 7.15. The maximum Gasteiger partial charge on any atom is 0.283 e. The first-order valence-corrected chi connectivity index (χ1v) is 12.8. The quantitative estimate of drug-likeness (QED) is 0.332. The fraction of sp³-hybridized carbons (Fsp3) is 0.190. The Balaban J connectivity index is 1.52. The molecule has 0 bridgehead atoms. The summed E-state index contributed by atoms with van der Waals surface area (Å²) in [5, 5.41) is 12.6. The van der Waals surface area contributed by atoms with Crippen LogP contribution in [-0.4, -0.2) is 48.8 Å². The summed E-state index contributed by atoms with van der Waals surface area (Å²) in [6.45, 7) is 1.41. The lowest BCUT2D eigenvalue weighted by molar-refractivity contribution is -0.387. The van der Waals surface area contributed by atoms with E-state index in [0.29, 0.717) is 23.0 Å². The molecule has 0 spiro atoms. The first kappa shape index (κ1) is 23.8. The highest BCUT2D eigenvalue weighted by Gasteiger charge is 2.29. The number of hydrogen-bond acceptors (Lipinski definition) is 7. The molecule has 8 nitrogen and oxygen atoms in total. The number of aromatic nitrogens is 1. The molecule has 2 aromatic carbocycles. The maximum atomic E-state index is 13.0. The smallest absolute Gasteiger partial charge is 0.283 e. The number of halogens is 2. The molecule has 1 aliphatic heterocycles. The van der Waals surface area contributed by atoms with Gasteiger partial charge in [0.15, 0.2) is 0 Å². The lowest BCUT2D eigenvalue weighted by Crippen LogP contribution is -2.48. The maximum absolute atomic E-state index is 13.0. The average Bonchev–Trinajstić information content (AvgIpc) is 2.81. The third-order valence-corrected chi connectivity index (χ3v) is 8.76. The van der Waals surface area contributed by atoms with E-state index < -0.39 is 14.9 Å². The van der Waals surface area contributed by atoms with E-state index in [9.17, 15) is 18.5 Å². The zero-order valence-electron chi connectivity index (χ0n) is 17.1. The van der Waals surface area contributed by atoms with Crippen molar-refractivity contribution in [3.8, 4) is 0 Å². The number of piperazine rings is 1. The van der Waals surface area contributed by atoms with Crippen LogP contribution in [0.2, 0.25) is 10.0 Å². The molecule has 1 aromatic heterocycles. The number of benzene rings is 2. The second-order valence-corrected chi connectivity index (χ2v) is 11.0. The highest BCUT2D eigenvalue weighted by molar-refractivity contribution is 7.99. The van der Waals surface area contributed by atoms with E-state index in [0.717, 1.165) is 5.69 Å². The molecular formula is C21H18Cl2N4O4S2. The monoisotopic (exact) mass is 524 g/mol. The number of pyridine rings is 1. The van der Waals surface area contributed by atoms with E-state index in [-0.39, 0.29) is 33.7 Å². The zero-order chi connectivity index (χ0) is 23.6. The SMILES string of the molecule is O=[N+]([O-])c1ccc(N2CCN(S(=O)(=O)c3ccc(Cl)c(Cl)c3)CC2)cc1Sc1ccccn1. The van der Waals surface area contributed by atoms with E-state index in [4.69, 9.17) is 23.2 Å². The Labute approximate surface area is 205 Å². The summed E-state index contributed by atoms with van der Waals surface area (Å²) >= 11 is 13.1. The Morgan fingerprint density at radius 2 is 1.73 bits per heavy atom. The molecule has 0 unspecified atom stereocenters. The summed E-state index contributed by atoms with van der Waals surface area (Å²) in [6, 6.07) is 14.5. The Kier molecular flexibility index (Phi) is 7.10. The van der Waals surface area contributed by atoms with Gasteiger partial charge in [0, 0.05) is 44.1 Å². The number of nitrogens with zero attached hydrogens (tertiary/aromatic N) is 4. The van der Waals surface area contributed by atoms with Crippen LogP contribution in [0.4, 0.5) is 11.4 Å². The van der Waals surface area contributed by atoms with Crippen molar-refractivity contribution < 1.29 is 13.3 Å². The second kappa shape index (κ2) is 9.86. The fourth-order valence-electron chi connectivity index (χ4n) is 3.43. The van der Waals surface area contributed by atoms with Crippen molar-refractivity contribution in [2.45, 2.75) is 14.8 Å². The van der Waals surface area contributed by atoms with Gasteiger partial charge in [0.2, 0.25) is 10.0 Å². The summed E-state index contributed by atoms with van der Waals surface area (Å²) in [5.74, 6) is 0. The standard InChI is InChI=1S/C21H18Cl2N4O4S2/c22-17-6-5-16(14-18(17)23)33(30,31)26-11-9-25(10-12-26)15-4-7-19(27(28)29)20(13-15)32-21-3-1-2-8-24-21/h1-8,13-14H,9-12H2. The summed E-state index contributed by atoms with van der Waals surface area (Å²) in [4.78, 5) is 17.9. The molecular weight excluding hydrogens is 507 g/mol. The highest BCUT2D eigenvalue weighted by atomic mass is 35.5. The molecule has 172 valence electrons. The molecule has 1 saturated heterocycles. The van der Waals surface area contributed by atoms with Crippen molar-refractivity contribution in [3.05, 3.63) is 81.0 Å². The molecule has 4 rings (SSSR count). The van der Waals surface area contributed by atoms with Crippen molar-refractivity contribution in [1.29, 1.82) is 0 Å². The number of nitro benzene ring substituents is 1. The Bertz CT molecular complexity index is 1280.